The van der Waals surface area contributed by atoms with Crippen molar-refractivity contribution in [2.45, 2.75) is 17.4 Å². The standard InChI is InChI=1S/C9H12IN/c1-7(11)9-4-2-8(6-10)3-5-9/h2-5,7H,6,11H2,1H3/t7-/m0/s1. The van der Waals surface area contributed by atoms with Crippen molar-refractivity contribution < 1.29 is 0 Å². The van der Waals surface area contributed by atoms with Crippen molar-refractivity contribution >= 4 is 22.6 Å². The number of nitrogens with two attached hydrogens (primary N) is 1. The Kier molecular flexibility index (Phi) is 3.33. The summed E-state index contributed by atoms with van der Waals surface area (Å²) in [6.45, 7) is 2.00. The van der Waals surface area contributed by atoms with Gasteiger partial charge in [-0.25, -0.2) is 0 Å². The minimum Gasteiger partial charge on any atom is -0.324 e. The fraction of sp³-hybridized carbons (Fsp3) is 0.333. The van der Waals surface area contributed by atoms with Crippen molar-refractivity contribution in [2.75, 3.05) is 0 Å². The number of rotatable bonds is 2. The van der Waals surface area contributed by atoms with Crippen molar-refractivity contribution in [2.24, 2.45) is 5.73 Å². The van der Waals surface area contributed by atoms with Gasteiger partial charge in [0.25, 0.3) is 0 Å². The van der Waals surface area contributed by atoms with E-state index in [0.29, 0.717) is 0 Å². The molecule has 0 heterocycles. The third-order valence-corrected chi connectivity index (χ3v) is 2.54. The Labute approximate surface area is 81.1 Å². The summed E-state index contributed by atoms with van der Waals surface area (Å²) in [6.07, 6.45) is 0. The zero-order valence-corrected chi connectivity index (χ0v) is 8.71. The number of halogens is 1. The quantitative estimate of drug-likeness (QED) is 0.642. The van der Waals surface area contributed by atoms with E-state index in [0.717, 1.165) is 4.43 Å². The van der Waals surface area contributed by atoms with Crippen LogP contribution in [0.3, 0.4) is 0 Å². The minimum absolute atomic E-state index is 0.151. The van der Waals surface area contributed by atoms with Gasteiger partial charge in [-0.05, 0) is 18.1 Å². The van der Waals surface area contributed by atoms with Crippen LogP contribution < -0.4 is 5.73 Å². The molecule has 1 nitrogen and oxygen atoms in total. The molecule has 0 aliphatic heterocycles. The van der Waals surface area contributed by atoms with E-state index >= 15 is 0 Å². The smallest absolute Gasteiger partial charge is 0.0266 e. The van der Waals surface area contributed by atoms with Crippen LogP contribution in [0.2, 0.25) is 0 Å². The zero-order valence-electron chi connectivity index (χ0n) is 6.55. The monoisotopic (exact) mass is 261 g/mol. The summed E-state index contributed by atoms with van der Waals surface area (Å²) >= 11 is 2.35. The molecule has 0 saturated heterocycles. The van der Waals surface area contributed by atoms with Crippen molar-refractivity contribution in [3.63, 3.8) is 0 Å². The maximum Gasteiger partial charge on any atom is 0.0266 e. The summed E-state index contributed by atoms with van der Waals surface area (Å²) < 4.78 is 1.07. The van der Waals surface area contributed by atoms with Crippen LogP contribution in [0.15, 0.2) is 24.3 Å². The maximum atomic E-state index is 5.70. The molecule has 2 heteroatoms. The molecule has 0 fully saturated rings. The summed E-state index contributed by atoms with van der Waals surface area (Å²) in [5.74, 6) is 0. The highest BCUT2D eigenvalue weighted by atomic mass is 127. The average molecular weight is 261 g/mol. The van der Waals surface area contributed by atoms with Crippen LogP contribution in [0, 0.1) is 0 Å². The Balaban J connectivity index is 2.83. The maximum absolute atomic E-state index is 5.70. The lowest BCUT2D eigenvalue weighted by Gasteiger charge is -2.04. The van der Waals surface area contributed by atoms with E-state index in [9.17, 15) is 0 Å². The van der Waals surface area contributed by atoms with E-state index in [4.69, 9.17) is 5.73 Å². The van der Waals surface area contributed by atoms with Gasteiger partial charge in [0.2, 0.25) is 0 Å². The second kappa shape index (κ2) is 4.07. The first-order chi connectivity index (χ1) is 5.24. The normalized spacial score (nSPS) is 13.0. The van der Waals surface area contributed by atoms with Gasteiger partial charge in [0.15, 0.2) is 0 Å². The molecule has 0 aromatic heterocycles. The zero-order chi connectivity index (χ0) is 8.27. The molecular formula is C9H12IN. The average Bonchev–Trinajstić information content (AvgIpc) is 2.05. The molecule has 0 aliphatic carbocycles. The molecule has 0 amide bonds. The fourth-order valence-electron chi connectivity index (χ4n) is 0.910. The number of benzene rings is 1. The van der Waals surface area contributed by atoms with E-state index < -0.39 is 0 Å². The summed E-state index contributed by atoms with van der Waals surface area (Å²) in [7, 11) is 0. The molecule has 0 radical (unpaired) electrons. The lowest BCUT2D eigenvalue weighted by Crippen LogP contribution is -2.04. The van der Waals surface area contributed by atoms with Crippen molar-refractivity contribution in [3.8, 4) is 0 Å². The van der Waals surface area contributed by atoms with Gasteiger partial charge in [-0.15, -0.1) is 0 Å². The van der Waals surface area contributed by atoms with Crippen LogP contribution >= 0.6 is 22.6 Å². The third-order valence-electron chi connectivity index (χ3n) is 1.66. The van der Waals surface area contributed by atoms with Gasteiger partial charge in [0.05, 0.1) is 0 Å². The lowest BCUT2D eigenvalue weighted by atomic mass is 10.1. The molecule has 0 aliphatic rings. The van der Waals surface area contributed by atoms with Crippen LogP contribution in [-0.4, -0.2) is 0 Å². The number of hydrogen-bond acceptors (Lipinski definition) is 1. The number of alkyl halides is 1. The van der Waals surface area contributed by atoms with Gasteiger partial charge in [-0.1, -0.05) is 46.9 Å². The molecule has 11 heavy (non-hydrogen) atoms. The molecule has 1 rings (SSSR count). The first-order valence-electron chi connectivity index (χ1n) is 3.64. The number of hydrogen-bond donors (Lipinski definition) is 1. The Bertz CT molecular complexity index is 216. The van der Waals surface area contributed by atoms with Gasteiger partial charge >= 0.3 is 0 Å². The van der Waals surface area contributed by atoms with E-state index in [1.54, 1.807) is 0 Å². The topological polar surface area (TPSA) is 26.0 Å². The van der Waals surface area contributed by atoms with Crippen molar-refractivity contribution in [3.05, 3.63) is 35.4 Å². The highest BCUT2D eigenvalue weighted by molar-refractivity contribution is 14.1. The summed E-state index contributed by atoms with van der Waals surface area (Å²) in [5, 5.41) is 0. The van der Waals surface area contributed by atoms with Gasteiger partial charge in [0, 0.05) is 10.5 Å². The van der Waals surface area contributed by atoms with Gasteiger partial charge in [0.1, 0.15) is 0 Å². The van der Waals surface area contributed by atoms with Crippen molar-refractivity contribution in [1.82, 2.24) is 0 Å². The van der Waals surface area contributed by atoms with E-state index in [2.05, 4.69) is 46.9 Å². The molecule has 0 spiro atoms. The second-order valence-corrected chi connectivity index (χ2v) is 3.43. The Morgan fingerprint density at radius 1 is 1.36 bits per heavy atom. The van der Waals surface area contributed by atoms with Crippen LogP contribution in [0.25, 0.3) is 0 Å². The lowest BCUT2D eigenvalue weighted by molar-refractivity contribution is 0.818. The van der Waals surface area contributed by atoms with Gasteiger partial charge in [-0.2, -0.15) is 0 Å². The Hall–Kier alpha value is -0.0900. The highest BCUT2D eigenvalue weighted by Gasteiger charge is 1.97. The van der Waals surface area contributed by atoms with Gasteiger partial charge in [-0.3, -0.25) is 0 Å². The van der Waals surface area contributed by atoms with Crippen LogP contribution in [0.5, 0.6) is 0 Å². The molecular weight excluding hydrogens is 249 g/mol. The first kappa shape index (κ1) is 9.00. The van der Waals surface area contributed by atoms with E-state index in [-0.39, 0.29) is 6.04 Å². The van der Waals surface area contributed by atoms with Crippen LogP contribution in [0.4, 0.5) is 0 Å². The summed E-state index contributed by atoms with van der Waals surface area (Å²) in [4.78, 5) is 0. The molecule has 0 saturated carbocycles. The Morgan fingerprint density at radius 3 is 2.27 bits per heavy atom. The largest absolute Gasteiger partial charge is 0.324 e. The van der Waals surface area contributed by atoms with Crippen LogP contribution in [-0.2, 0) is 4.43 Å². The van der Waals surface area contributed by atoms with Crippen molar-refractivity contribution in [1.29, 1.82) is 0 Å². The van der Waals surface area contributed by atoms with E-state index in [1.807, 2.05) is 6.92 Å². The summed E-state index contributed by atoms with van der Waals surface area (Å²) in [6, 6.07) is 8.60. The molecule has 1 atom stereocenters. The molecule has 1 aromatic rings. The predicted octanol–water partition coefficient (Wildman–Crippen LogP) is 2.64. The highest BCUT2D eigenvalue weighted by Crippen LogP contribution is 2.12. The summed E-state index contributed by atoms with van der Waals surface area (Å²) in [5.41, 5.74) is 8.27. The molecule has 1 aromatic carbocycles. The molecule has 60 valence electrons. The Morgan fingerprint density at radius 2 is 1.91 bits per heavy atom. The molecule has 0 unspecified atom stereocenters. The second-order valence-electron chi connectivity index (χ2n) is 2.66. The third kappa shape index (κ3) is 2.45. The minimum atomic E-state index is 0.151. The van der Waals surface area contributed by atoms with Gasteiger partial charge < -0.3 is 5.73 Å². The van der Waals surface area contributed by atoms with E-state index in [1.165, 1.54) is 11.1 Å². The first-order valence-corrected chi connectivity index (χ1v) is 5.17. The molecule has 0 bridgehead atoms. The molecule has 2 N–H and O–H groups in total. The van der Waals surface area contributed by atoms with Crippen LogP contribution in [0.1, 0.15) is 24.1 Å². The SMILES string of the molecule is C[C@H](N)c1ccc(CI)cc1. The fourth-order valence-corrected chi connectivity index (χ4v) is 1.42. The predicted molar refractivity (Wildman–Crippen MR) is 56.8 cm³/mol.